The highest BCUT2D eigenvalue weighted by Crippen LogP contribution is 2.00. The van der Waals surface area contributed by atoms with Crippen LogP contribution in [0.3, 0.4) is 0 Å². The molecule has 0 heterocycles. The number of rotatable bonds is 6. The molecule has 4 nitrogen and oxygen atoms in total. The molecule has 0 spiro atoms. The molecule has 0 amide bonds. The molecule has 1 unspecified atom stereocenters. The molecule has 1 rings (SSSR count). The summed E-state index contributed by atoms with van der Waals surface area (Å²) < 4.78 is 4.54. The average Bonchev–Trinajstić information content (AvgIpc) is 2.35. The molecule has 1 atom stereocenters. The fourth-order valence-electron chi connectivity index (χ4n) is 1.34. The van der Waals surface area contributed by atoms with Crippen LogP contribution >= 0.6 is 0 Å². The van der Waals surface area contributed by atoms with Crippen LogP contribution in [0.25, 0.3) is 0 Å². The number of carbonyl (C=O) groups is 1. The van der Waals surface area contributed by atoms with Gasteiger partial charge in [0.1, 0.15) is 0 Å². The number of aliphatic hydroxyl groups is 1. The van der Waals surface area contributed by atoms with Gasteiger partial charge in [0.2, 0.25) is 0 Å². The molecular formula is C12H17NO3. The summed E-state index contributed by atoms with van der Waals surface area (Å²) in [7, 11) is 1.34. The van der Waals surface area contributed by atoms with Crippen LogP contribution in [0, 0.1) is 0 Å². The summed E-state index contributed by atoms with van der Waals surface area (Å²) in [5.74, 6) is -0.320. The van der Waals surface area contributed by atoms with Crippen LogP contribution in [0.1, 0.15) is 12.0 Å². The van der Waals surface area contributed by atoms with Gasteiger partial charge in [0.25, 0.3) is 0 Å². The smallest absolute Gasteiger partial charge is 0.307 e. The lowest BCUT2D eigenvalue weighted by Gasteiger charge is -2.14. The zero-order valence-corrected chi connectivity index (χ0v) is 9.35. The van der Waals surface area contributed by atoms with E-state index in [0.29, 0.717) is 6.54 Å². The lowest BCUT2D eigenvalue weighted by atomic mass is 10.2. The van der Waals surface area contributed by atoms with Gasteiger partial charge in [-0.05, 0) is 5.56 Å². The van der Waals surface area contributed by atoms with Gasteiger partial charge in [0.15, 0.2) is 0 Å². The number of hydrogen-bond donors (Lipinski definition) is 2. The molecule has 0 radical (unpaired) electrons. The fourth-order valence-corrected chi connectivity index (χ4v) is 1.34. The van der Waals surface area contributed by atoms with Crippen LogP contribution in [0.4, 0.5) is 0 Å². The second-order valence-electron chi connectivity index (χ2n) is 3.53. The van der Waals surface area contributed by atoms with Gasteiger partial charge in [-0.1, -0.05) is 30.3 Å². The largest absolute Gasteiger partial charge is 0.469 e. The van der Waals surface area contributed by atoms with Crippen molar-refractivity contribution < 1.29 is 14.6 Å². The van der Waals surface area contributed by atoms with Gasteiger partial charge in [-0.2, -0.15) is 0 Å². The van der Waals surface area contributed by atoms with Crippen molar-refractivity contribution in [3.63, 3.8) is 0 Å². The standard InChI is InChI=1S/C12H17NO3/c1-16-12(15)7-11(9-14)13-8-10-5-3-2-4-6-10/h2-6,11,13-14H,7-9H2,1H3. The Hall–Kier alpha value is -1.39. The highest BCUT2D eigenvalue weighted by molar-refractivity contribution is 5.69. The first-order valence-electron chi connectivity index (χ1n) is 5.21. The molecule has 0 bridgehead atoms. The van der Waals surface area contributed by atoms with E-state index in [0.717, 1.165) is 5.56 Å². The minimum absolute atomic E-state index is 0.0814. The molecule has 0 aliphatic heterocycles. The number of hydrogen-bond acceptors (Lipinski definition) is 4. The normalized spacial score (nSPS) is 12.1. The molecule has 0 aliphatic carbocycles. The molecule has 4 heteroatoms. The van der Waals surface area contributed by atoms with Gasteiger partial charge in [-0.3, -0.25) is 4.79 Å². The van der Waals surface area contributed by atoms with Crippen molar-refractivity contribution in [1.82, 2.24) is 5.32 Å². The first-order valence-corrected chi connectivity index (χ1v) is 5.21. The van der Waals surface area contributed by atoms with Crippen LogP contribution in [-0.4, -0.2) is 30.8 Å². The minimum Gasteiger partial charge on any atom is -0.469 e. The Morgan fingerprint density at radius 2 is 2.12 bits per heavy atom. The third-order valence-corrected chi connectivity index (χ3v) is 2.30. The summed E-state index contributed by atoms with van der Waals surface area (Å²) in [4.78, 5) is 11.0. The summed E-state index contributed by atoms with van der Waals surface area (Å²) >= 11 is 0. The number of nitrogens with one attached hydrogen (secondary N) is 1. The van der Waals surface area contributed by atoms with E-state index in [-0.39, 0.29) is 25.0 Å². The van der Waals surface area contributed by atoms with E-state index in [1.807, 2.05) is 30.3 Å². The lowest BCUT2D eigenvalue weighted by molar-refractivity contribution is -0.141. The molecule has 0 aromatic heterocycles. The predicted octanol–water partition coefficient (Wildman–Crippen LogP) is 0.700. The Kier molecular flexibility index (Phi) is 5.53. The number of esters is 1. The number of aliphatic hydroxyl groups excluding tert-OH is 1. The number of methoxy groups -OCH3 is 1. The minimum atomic E-state index is -0.320. The summed E-state index contributed by atoms with van der Waals surface area (Å²) in [5, 5.41) is 12.2. The summed E-state index contributed by atoms with van der Waals surface area (Å²) in [6.07, 6.45) is 0.180. The molecule has 2 N–H and O–H groups in total. The topological polar surface area (TPSA) is 58.6 Å². The van der Waals surface area contributed by atoms with Crippen LogP contribution < -0.4 is 5.32 Å². The molecular weight excluding hydrogens is 206 g/mol. The summed E-state index contributed by atoms with van der Waals surface area (Å²) in [6.45, 7) is 0.547. The lowest BCUT2D eigenvalue weighted by Crippen LogP contribution is -2.34. The Morgan fingerprint density at radius 1 is 1.44 bits per heavy atom. The van der Waals surface area contributed by atoms with Crippen molar-refractivity contribution in [2.75, 3.05) is 13.7 Å². The molecule has 0 aliphatic rings. The first kappa shape index (κ1) is 12.7. The molecule has 0 saturated heterocycles. The Bertz CT molecular complexity index is 313. The van der Waals surface area contributed by atoms with E-state index >= 15 is 0 Å². The molecule has 0 saturated carbocycles. The first-order chi connectivity index (χ1) is 7.76. The fraction of sp³-hybridized carbons (Fsp3) is 0.417. The summed E-state index contributed by atoms with van der Waals surface area (Å²) in [5.41, 5.74) is 1.12. The van der Waals surface area contributed by atoms with Crippen molar-refractivity contribution in [1.29, 1.82) is 0 Å². The van der Waals surface area contributed by atoms with Gasteiger partial charge < -0.3 is 15.2 Å². The van der Waals surface area contributed by atoms with Gasteiger partial charge in [0, 0.05) is 12.6 Å². The maximum Gasteiger partial charge on any atom is 0.307 e. The maximum atomic E-state index is 11.0. The number of benzene rings is 1. The van der Waals surface area contributed by atoms with Gasteiger partial charge in [-0.25, -0.2) is 0 Å². The molecule has 1 aromatic rings. The highest BCUT2D eigenvalue weighted by atomic mass is 16.5. The van der Waals surface area contributed by atoms with Crippen molar-refractivity contribution in [3.05, 3.63) is 35.9 Å². The van der Waals surface area contributed by atoms with Gasteiger partial charge in [-0.15, -0.1) is 0 Å². The quantitative estimate of drug-likeness (QED) is 0.697. The van der Waals surface area contributed by atoms with Crippen molar-refractivity contribution in [2.45, 2.75) is 19.0 Å². The molecule has 16 heavy (non-hydrogen) atoms. The zero-order chi connectivity index (χ0) is 11.8. The third kappa shape index (κ3) is 4.42. The second-order valence-corrected chi connectivity index (χ2v) is 3.53. The number of ether oxygens (including phenoxy) is 1. The third-order valence-electron chi connectivity index (χ3n) is 2.30. The van der Waals surface area contributed by atoms with Crippen LogP contribution in [-0.2, 0) is 16.1 Å². The van der Waals surface area contributed by atoms with E-state index < -0.39 is 0 Å². The monoisotopic (exact) mass is 223 g/mol. The van der Waals surface area contributed by atoms with Crippen molar-refractivity contribution in [3.8, 4) is 0 Å². The second kappa shape index (κ2) is 6.98. The number of carbonyl (C=O) groups excluding carboxylic acids is 1. The van der Waals surface area contributed by atoms with E-state index in [4.69, 9.17) is 5.11 Å². The van der Waals surface area contributed by atoms with E-state index in [9.17, 15) is 4.79 Å². The van der Waals surface area contributed by atoms with Crippen LogP contribution in [0.15, 0.2) is 30.3 Å². The molecule has 88 valence electrons. The molecule has 0 fully saturated rings. The van der Waals surface area contributed by atoms with Gasteiger partial charge >= 0.3 is 5.97 Å². The Labute approximate surface area is 95.2 Å². The highest BCUT2D eigenvalue weighted by Gasteiger charge is 2.12. The molecule has 1 aromatic carbocycles. The van der Waals surface area contributed by atoms with Crippen molar-refractivity contribution in [2.24, 2.45) is 0 Å². The Morgan fingerprint density at radius 3 is 2.69 bits per heavy atom. The van der Waals surface area contributed by atoms with Crippen LogP contribution in [0.5, 0.6) is 0 Å². The zero-order valence-electron chi connectivity index (χ0n) is 9.35. The van der Waals surface area contributed by atoms with E-state index in [1.54, 1.807) is 0 Å². The SMILES string of the molecule is COC(=O)CC(CO)NCc1ccccc1. The van der Waals surface area contributed by atoms with Gasteiger partial charge in [0.05, 0.1) is 20.1 Å². The van der Waals surface area contributed by atoms with Crippen LogP contribution in [0.2, 0.25) is 0 Å². The summed E-state index contributed by atoms with van der Waals surface area (Å²) in [6, 6.07) is 9.56. The Balaban J connectivity index is 2.37. The van der Waals surface area contributed by atoms with E-state index in [2.05, 4.69) is 10.1 Å². The maximum absolute atomic E-state index is 11.0. The average molecular weight is 223 g/mol. The predicted molar refractivity (Wildman–Crippen MR) is 60.8 cm³/mol. The van der Waals surface area contributed by atoms with E-state index in [1.165, 1.54) is 7.11 Å². The van der Waals surface area contributed by atoms with Crippen molar-refractivity contribution >= 4 is 5.97 Å².